The Bertz CT molecular complexity index is 922. The molecular formula is C22H27N3O3. The average Bonchev–Trinajstić information content (AvgIpc) is 3.36. The number of aromatic nitrogens is 1. The first-order chi connectivity index (χ1) is 13.6. The van der Waals surface area contributed by atoms with Crippen molar-refractivity contribution >= 4 is 16.8 Å². The van der Waals surface area contributed by atoms with Gasteiger partial charge in [-0.3, -0.25) is 4.79 Å². The number of aromatic amines is 1. The van der Waals surface area contributed by atoms with Crippen LogP contribution in [0.15, 0.2) is 47.1 Å². The van der Waals surface area contributed by atoms with Gasteiger partial charge in [-0.15, -0.1) is 0 Å². The maximum Gasteiger partial charge on any atom is 0.268 e. The molecule has 2 aromatic heterocycles. The molecule has 0 radical (unpaired) electrons. The van der Waals surface area contributed by atoms with Gasteiger partial charge in [-0.25, -0.2) is 0 Å². The first-order valence-electron chi connectivity index (χ1n) is 9.92. The van der Waals surface area contributed by atoms with Gasteiger partial charge >= 0.3 is 0 Å². The number of nitrogens with one attached hydrogen (secondary N) is 2. The Morgan fingerprint density at radius 3 is 2.82 bits per heavy atom. The van der Waals surface area contributed by atoms with E-state index in [0.29, 0.717) is 18.3 Å². The maximum atomic E-state index is 12.4. The maximum absolute atomic E-state index is 12.4. The van der Waals surface area contributed by atoms with Crippen molar-refractivity contribution in [1.82, 2.24) is 15.2 Å². The summed E-state index contributed by atoms with van der Waals surface area (Å²) < 4.78 is 11.4. The van der Waals surface area contributed by atoms with Crippen LogP contribution in [0.2, 0.25) is 0 Å². The number of hydrogen-bond acceptors (Lipinski definition) is 4. The molecule has 1 fully saturated rings. The van der Waals surface area contributed by atoms with Crippen LogP contribution in [0.1, 0.15) is 42.9 Å². The zero-order valence-corrected chi connectivity index (χ0v) is 16.4. The number of furan rings is 1. The summed E-state index contributed by atoms with van der Waals surface area (Å²) in [6.07, 6.45) is 3.94. The summed E-state index contributed by atoms with van der Waals surface area (Å²) >= 11 is 0. The third-order valence-corrected chi connectivity index (χ3v) is 5.35. The van der Waals surface area contributed by atoms with Crippen LogP contribution in [0, 0.1) is 0 Å². The molecule has 0 saturated carbocycles. The number of carbonyl (C=O) groups is 1. The number of nitrogens with zero attached hydrogens (tertiary/aromatic N) is 1. The fourth-order valence-electron chi connectivity index (χ4n) is 3.68. The van der Waals surface area contributed by atoms with E-state index in [9.17, 15) is 4.79 Å². The van der Waals surface area contributed by atoms with Crippen LogP contribution in [0.25, 0.3) is 10.9 Å². The number of piperidine rings is 1. The van der Waals surface area contributed by atoms with E-state index >= 15 is 0 Å². The largest absolute Gasteiger partial charge is 0.490 e. The number of benzene rings is 1. The van der Waals surface area contributed by atoms with Gasteiger partial charge < -0.3 is 24.4 Å². The first kappa shape index (κ1) is 18.6. The molecule has 2 N–H and O–H groups in total. The molecule has 1 aliphatic rings. The lowest BCUT2D eigenvalue weighted by Gasteiger charge is -2.34. The van der Waals surface area contributed by atoms with Crippen molar-refractivity contribution in [2.24, 2.45) is 0 Å². The summed E-state index contributed by atoms with van der Waals surface area (Å²) in [4.78, 5) is 18.0. The van der Waals surface area contributed by atoms with Crippen LogP contribution in [0.3, 0.4) is 0 Å². The Kier molecular flexibility index (Phi) is 5.39. The third kappa shape index (κ3) is 4.22. The summed E-state index contributed by atoms with van der Waals surface area (Å²) in [6.45, 7) is 7.00. The molecule has 28 heavy (non-hydrogen) atoms. The topological polar surface area (TPSA) is 70.5 Å². The molecule has 1 amide bonds. The monoisotopic (exact) mass is 381 g/mol. The highest BCUT2D eigenvalue weighted by Crippen LogP contribution is 2.25. The molecule has 0 aliphatic carbocycles. The molecule has 1 aliphatic heterocycles. The minimum Gasteiger partial charge on any atom is -0.490 e. The van der Waals surface area contributed by atoms with E-state index in [1.54, 1.807) is 12.3 Å². The highest BCUT2D eigenvalue weighted by molar-refractivity contribution is 5.98. The fraction of sp³-hybridized carbons (Fsp3) is 0.409. The van der Waals surface area contributed by atoms with Gasteiger partial charge in [0.25, 0.3) is 5.91 Å². The van der Waals surface area contributed by atoms with Gasteiger partial charge in [0.15, 0.2) is 0 Å². The molecule has 0 spiro atoms. The van der Waals surface area contributed by atoms with Gasteiger partial charge in [0.1, 0.15) is 23.3 Å². The SMILES string of the molecule is CC(C)N1CCC(Oc2ccc3[nH]c(C(=O)NCc4ccco4)cc3c2)CC1. The van der Waals surface area contributed by atoms with Crippen molar-refractivity contribution in [3.8, 4) is 5.75 Å². The van der Waals surface area contributed by atoms with Crippen LogP contribution >= 0.6 is 0 Å². The molecule has 0 bridgehead atoms. The smallest absolute Gasteiger partial charge is 0.268 e. The van der Waals surface area contributed by atoms with E-state index in [1.165, 1.54) is 0 Å². The predicted octanol–water partition coefficient (Wildman–Crippen LogP) is 3.94. The van der Waals surface area contributed by atoms with Crippen LogP contribution in [-0.4, -0.2) is 41.0 Å². The summed E-state index contributed by atoms with van der Waals surface area (Å²) in [5, 5.41) is 3.83. The summed E-state index contributed by atoms with van der Waals surface area (Å²) in [5.74, 6) is 1.43. The molecular weight excluding hydrogens is 354 g/mol. The van der Waals surface area contributed by atoms with Gasteiger partial charge in [-0.2, -0.15) is 0 Å². The van der Waals surface area contributed by atoms with Gasteiger partial charge in [0, 0.05) is 30.0 Å². The van der Waals surface area contributed by atoms with E-state index < -0.39 is 0 Å². The van der Waals surface area contributed by atoms with Gasteiger partial charge in [-0.1, -0.05) is 0 Å². The second kappa shape index (κ2) is 8.10. The van der Waals surface area contributed by atoms with Crippen LogP contribution in [0.5, 0.6) is 5.75 Å². The first-order valence-corrected chi connectivity index (χ1v) is 9.92. The third-order valence-electron chi connectivity index (χ3n) is 5.35. The second-order valence-corrected chi connectivity index (χ2v) is 7.64. The number of hydrogen-bond donors (Lipinski definition) is 2. The van der Waals surface area contributed by atoms with Crippen LogP contribution in [0.4, 0.5) is 0 Å². The summed E-state index contributed by atoms with van der Waals surface area (Å²) in [7, 11) is 0. The molecule has 1 saturated heterocycles. The Morgan fingerprint density at radius 2 is 2.11 bits per heavy atom. The number of ether oxygens (including phenoxy) is 1. The fourth-order valence-corrected chi connectivity index (χ4v) is 3.68. The number of fused-ring (bicyclic) bond motifs is 1. The average molecular weight is 381 g/mol. The van der Waals surface area contributed by atoms with Crippen molar-refractivity contribution in [3.63, 3.8) is 0 Å². The van der Waals surface area contributed by atoms with Crippen molar-refractivity contribution in [2.75, 3.05) is 13.1 Å². The van der Waals surface area contributed by atoms with Gasteiger partial charge in [0.2, 0.25) is 0 Å². The van der Waals surface area contributed by atoms with E-state index in [4.69, 9.17) is 9.15 Å². The zero-order chi connectivity index (χ0) is 19.5. The van der Waals surface area contributed by atoms with Crippen LogP contribution < -0.4 is 10.1 Å². The van der Waals surface area contributed by atoms with Crippen molar-refractivity contribution in [1.29, 1.82) is 0 Å². The number of carbonyl (C=O) groups excluding carboxylic acids is 1. The number of rotatable bonds is 6. The van der Waals surface area contributed by atoms with E-state index in [0.717, 1.165) is 48.3 Å². The quantitative estimate of drug-likeness (QED) is 0.678. The van der Waals surface area contributed by atoms with Gasteiger partial charge in [-0.05, 0) is 63.1 Å². The lowest BCUT2D eigenvalue weighted by Crippen LogP contribution is -2.41. The molecule has 3 aromatic rings. The Labute approximate surface area is 164 Å². The molecule has 0 unspecified atom stereocenters. The second-order valence-electron chi connectivity index (χ2n) is 7.64. The van der Waals surface area contributed by atoms with E-state index in [2.05, 4.69) is 29.0 Å². The van der Waals surface area contributed by atoms with E-state index in [1.807, 2.05) is 30.3 Å². The molecule has 148 valence electrons. The minimum atomic E-state index is -0.156. The lowest BCUT2D eigenvalue weighted by molar-refractivity contribution is 0.0844. The van der Waals surface area contributed by atoms with Crippen molar-refractivity contribution in [2.45, 2.75) is 45.4 Å². The Morgan fingerprint density at radius 1 is 1.29 bits per heavy atom. The Balaban J connectivity index is 1.38. The summed E-state index contributed by atoms with van der Waals surface area (Å²) in [6, 6.07) is 12.0. The molecule has 6 nitrogen and oxygen atoms in total. The molecule has 6 heteroatoms. The number of likely N-dealkylation sites (tertiary alicyclic amines) is 1. The zero-order valence-electron chi connectivity index (χ0n) is 16.4. The standard InChI is InChI=1S/C22H27N3O3/c1-15(2)25-9-7-17(8-10-25)28-18-5-6-20-16(12-18)13-21(24-20)22(26)23-14-19-4-3-11-27-19/h3-6,11-13,15,17,24H,7-10,14H2,1-2H3,(H,23,26). The molecule has 3 heterocycles. The van der Waals surface area contributed by atoms with Crippen molar-refractivity contribution in [3.05, 3.63) is 54.1 Å². The highest BCUT2D eigenvalue weighted by Gasteiger charge is 2.22. The van der Waals surface area contributed by atoms with Gasteiger partial charge in [0.05, 0.1) is 12.8 Å². The highest BCUT2D eigenvalue weighted by atomic mass is 16.5. The summed E-state index contributed by atoms with van der Waals surface area (Å²) in [5.41, 5.74) is 1.45. The van der Waals surface area contributed by atoms with Crippen molar-refractivity contribution < 1.29 is 13.9 Å². The van der Waals surface area contributed by atoms with Crippen LogP contribution in [-0.2, 0) is 6.54 Å². The lowest BCUT2D eigenvalue weighted by atomic mass is 10.1. The van der Waals surface area contributed by atoms with E-state index in [-0.39, 0.29) is 12.0 Å². The molecule has 1 aromatic carbocycles. The minimum absolute atomic E-state index is 0.156. The molecule has 4 rings (SSSR count). The number of amides is 1. The predicted molar refractivity (Wildman–Crippen MR) is 109 cm³/mol. The Hall–Kier alpha value is -2.73. The molecule has 0 atom stereocenters. The number of H-pyrrole nitrogens is 1. The normalized spacial score (nSPS) is 16.0.